The summed E-state index contributed by atoms with van der Waals surface area (Å²) in [6, 6.07) is 28.8. The predicted molar refractivity (Wildman–Crippen MR) is 117 cm³/mol. The lowest BCUT2D eigenvalue weighted by Crippen LogP contribution is -2.24. The predicted octanol–water partition coefficient (Wildman–Crippen LogP) is 5.94. The zero-order valence-electron chi connectivity index (χ0n) is 15.5. The van der Waals surface area contributed by atoms with Crippen LogP contribution in [0.15, 0.2) is 95.7 Å². The van der Waals surface area contributed by atoms with Gasteiger partial charge in [-0.15, -0.1) is 0 Å². The summed E-state index contributed by atoms with van der Waals surface area (Å²) in [6.45, 7) is 0.535. The van der Waals surface area contributed by atoms with Crippen LogP contribution in [0, 0.1) is 0 Å². The van der Waals surface area contributed by atoms with Gasteiger partial charge in [0.05, 0.1) is 6.42 Å². The van der Waals surface area contributed by atoms with Gasteiger partial charge in [-0.3, -0.25) is 4.79 Å². The van der Waals surface area contributed by atoms with Gasteiger partial charge in [-0.1, -0.05) is 78.9 Å². The van der Waals surface area contributed by atoms with Crippen LogP contribution >= 0.6 is 11.3 Å². The Hall–Kier alpha value is -3.17. The summed E-state index contributed by atoms with van der Waals surface area (Å²) in [7, 11) is 0. The Kier molecular flexibility index (Phi) is 5.64. The average Bonchev–Trinajstić information content (AvgIpc) is 3.28. The molecule has 3 aromatic carbocycles. The summed E-state index contributed by atoms with van der Waals surface area (Å²) >= 11 is 1.68. The summed E-state index contributed by atoms with van der Waals surface area (Å²) in [4.78, 5) is 12.4. The van der Waals surface area contributed by atoms with Crippen molar-refractivity contribution in [1.29, 1.82) is 0 Å². The monoisotopic (exact) mass is 383 g/mol. The second-order valence-electron chi connectivity index (χ2n) is 6.69. The lowest BCUT2D eigenvalue weighted by Gasteiger charge is -2.10. The Bertz CT molecular complexity index is 1040. The van der Waals surface area contributed by atoms with Crippen molar-refractivity contribution in [3.63, 3.8) is 0 Å². The number of thiophene rings is 1. The Morgan fingerprint density at radius 3 is 2.21 bits per heavy atom. The molecule has 0 aliphatic heterocycles. The molecule has 0 radical (unpaired) electrons. The minimum Gasteiger partial charge on any atom is -0.352 e. The normalized spacial score (nSPS) is 10.6. The van der Waals surface area contributed by atoms with Crippen molar-refractivity contribution in [2.75, 3.05) is 0 Å². The molecule has 0 aliphatic rings. The van der Waals surface area contributed by atoms with Crippen molar-refractivity contribution < 1.29 is 4.79 Å². The van der Waals surface area contributed by atoms with Gasteiger partial charge in [0.15, 0.2) is 0 Å². The highest BCUT2D eigenvalue weighted by Gasteiger charge is 2.08. The summed E-state index contributed by atoms with van der Waals surface area (Å²) in [5.74, 6) is 0.0348. The van der Waals surface area contributed by atoms with Gasteiger partial charge in [0.2, 0.25) is 5.91 Å². The molecule has 2 nitrogen and oxygen atoms in total. The van der Waals surface area contributed by atoms with Crippen molar-refractivity contribution in [3.8, 4) is 22.3 Å². The third-order valence-corrected chi connectivity index (χ3v) is 5.43. The lowest BCUT2D eigenvalue weighted by atomic mass is 10.0. The van der Waals surface area contributed by atoms with E-state index in [0.29, 0.717) is 13.0 Å². The Labute approximate surface area is 169 Å². The fourth-order valence-electron chi connectivity index (χ4n) is 3.26. The Balaban J connectivity index is 1.38. The van der Waals surface area contributed by atoms with Gasteiger partial charge in [-0.2, -0.15) is 11.3 Å². The van der Waals surface area contributed by atoms with E-state index in [2.05, 4.69) is 58.5 Å². The molecule has 1 N–H and O–H groups in total. The van der Waals surface area contributed by atoms with Gasteiger partial charge in [-0.05, 0) is 50.2 Å². The van der Waals surface area contributed by atoms with E-state index in [1.807, 2.05) is 42.5 Å². The standard InChI is InChI=1S/C25H21NOS/c27-25(16-19-10-12-21(13-11-19)20-6-2-1-3-7-20)26-17-22-8-4-5-9-24(22)23-14-15-28-18-23/h1-15,18H,16-17H2,(H,26,27). The maximum Gasteiger partial charge on any atom is 0.224 e. The molecule has 4 rings (SSSR count). The van der Waals surface area contributed by atoms with Crippen LogP contribution in [-0.4, -0.2) is 5.91 Å². The third-order valence-electron chi connectivity index (χ3n) is 4.75. The van der Waals surface area contributed by atoms with E-state index < -0.39 is 0 Å². The number of carbonyl (C=O) groups is 1. The molecule has 0 atom stereocenters. The number of hydrogen-bond donors (Lipinski definition) is 1. The fraction of sp³-hybridized carbons (Fsp3) is 0.0800. The molecular weight excluding hydrogens is 362 g/mol. The van der Waals surface area contributed by atoms with Crippen LogP contribution in [-0.2, 0) is 17.8 Å². The van der Waals surface area contributed by atoms with Crippen LogP contribution < -0.4 is 5.32 Å². The van der Waals surface area contributed by atoms with E-state index in [0.717, 1.165) is 16.7 Å². The van der Waals surface area contributed by atoms with Crippen LogP contribution in [0.5, 0.6) is 0 Å². The smallest absolute Gasteiger partial charge is 0.224 e. The highest BCUT2D eigenvalue weighted by Crippen LogP contribution is 2.25. The highest BCUT2D eigenvalue weighted by atomic mass is 32.1. The highest BCUT2D eigenvalue weighted by molar-refractivity contribution is 7.08. The van der Waals surface area contributed by atoms with Crippen LogP contribution in [0.2, 0.25) is 0 Å². The van der Waals surface area contributed by atoms with E-state index >= 15 is 0 Å². The summed E-state index contributed by atoms with van der Waals surface area (Å²) in [5, 5.41) is 7.27. The maximum atomic E-state index is 12.4. The Morgan fingerprint density at radius 2 is 1.46 bits per heavy atom. The van der Waals surface area contributed by atoms with Crippen LogP contribution in [0.3, 0.4) is 0 Å². The molecule has 0 saturated heterocycles. The van der Waals surface area contributed by atoms with Gasteiger partial charge in [0.25, 0.3) is 0 Å². The van der Waals surface area contributed by atoms with Crippen molar-refractivity contribution in [1.82, 2.24) is 5.32 Å². The second kappa shape index (κ2) is 8.68. The number of nitrogens with one attached hydrogen (secondary N) is 1. The molecule has 0 bridgehead atoms. The molecule has 0 saturated carbocycles. The van der Waals surface area contributed by atoms with Crippen molar-refractivity contribution in [2.24, 2.45) is 0 Å². The number of rotatable bonds is 6. The molecule has 4 aromatic rings. The van der Waals surface area contributed by atoms with E-state index in [4.69, 9.17) is 0 Å². The second-order valence-corrected chi connectivity index (χ2v) is 7.47. The third kappa shape index (κ3) is 4.38. The molecular formula is C25H21NOS. The first-order valence-electron chi connectivity index (χ1n) is 9.31. The molecule has 0 spiro atoms. The van der Waals surface area contributed by atoms with Gasteiger partial charge in [-0.25, -0.2) is 0 Å². The minimum atomic E-state index is 0.0348. The first kappa shape index (κ1) is 18.2. The van der Waals surface area contributed by atoms with Crippen molar-refractivity contribution in [2.45, 2.75) is 13.0 Å². The molecule has 0 unspecified atom stereocenters. The lowest BCUT2D eigenvalue weighted by molar-refractivity contribution is -0.120. The summed E-state index contributed by atoms with van der Waals surface area (Å²) in [5.41, 5.74) is 6.87. The number of carbonyl (C=O) groups excluding carboxylic acids is 1. The molecule has 0 aliphatic carbocycles. The Morgan fingerprint density at radius 1 is 0.750 bits per heavy atom. The van der Waals surface area contributed by atoms with E-state index in [1.165, 1.54) is 16.7 Å². The zero-order valence-corrected chi connectivity index (χ0v) is 16.3. The summed E-state index contributed by atoms with van der Waals surface area (Å²) in [6.07, 6.45) is 0.385. The van der Waals surface area contributed by atoms with Gasteiger partial charge in [0.1, 0.15) is 0 Å². The fourth-order valence-corrected chi connectivity index (χ4v) is 3.92. The van der Waals surface area contributed by atoms with Gasteiger partial charge < -0.3 is 5.32 Å². The molecule has 0 fully saturated rings. The molecule has 1 amide bonds. The quantitative estimate of drug-likeness (QED) is 0.438. The molecule has 28 heavy (non-hydrogen) atoms. The average molecular weight is 384 g/mol. The van der Waals surface area contributed by atoms with Crippen LogP contribution in [0.25, 0.3) is 22.3 Å². The molecule has 3 heteroatoms. The first-order chi connectivity index (χ1) is 13.8. The number of hydrogen-bond acceptors (Lipinski definition) is 2. The first-order valence-corrected chi connectivity index (χ1v) is 10.3. The molecule has 1 heterocycles. The zero-order chi connectivity index (χ0) is 19.2. The van der Waals surface area contributed by atoms with Crippen molar-refractivity contribution in [3.05, 3.63) is 107 Å². The van der Waals surface area contributed by atoms with Gasteiger partial charge in [0, 0.05) is 6.54 Å². The van der Waals surface area contributed by atoms with E-state index in [1.54, 1.807) is 11.3 Å². The van der Waals surface area contributed by atoms with Gasteiger partial charge >= 0.3 is 0 Å². The minimum absolute atomic E-state index is 0.0348. The van der Waals surface area contributed by atoms with Crippen LogP contribution in [0.4, 0.5) is 0 Å². The van der Waals surface area contributed by atoms with E-state index in [-0.39, 0.29) is 5.91 Å². The molecule has 1 aromatic heterocycles. The SMILES string of the molecule is O=C(Cc1ccc(-c2ccccc2)cc1)NCc1ccccc1-c1ccsc1. The number of amides is 1. The number of benzene rings is 3. The summed E-state index contributed by atoms with van der Waals surface area (Å²) < 4.78 is 0. The van der Waals surface area contributed by atoms with Crippen LogP contribution in [0.1, 0.15) is 11.1 Å². The maximum absolute atomic E-state index is 12.4. The largest absolute Gasteiger partial charge is 0.352 e. The van der Waals surface area contributed by atoms with E-state index in [9.17, 15) is 4.79 Å². The topological polar surface area (TPSA) is 29.1 Å². The molecule has 138 valence electrons. The van der Waals surface area contributed by atoms with Crippen molar-refractivity contribution >= 4 is 17.2 Å².